The Morgan fingerprint density at radius 3 is 3.07 bits per heavy atom. The van der Waals surface area contributed by atoms with Gasteiger partial charge in [-0.15, -0.1) is 10.2 Å². The standard InChI is InChI=1S/C8H11N7/c1-5-2-3-6(9)8(11-5)10-4-7-12-14-15-13-7/h2-3H,4,9H2,1H3,(H,10,11)(H,12,13,14,15). The van der Waals surface area contributed by atoms with Crippen LogP contribution in [0.5, 0.6) is 0 Å². The van der Waals surface area contributed by atoms with E-state index >= 15 is 0 Å². The molecule has 0 aromatic carbocycles. The van der Waals surface area contributed by atoms with Gasteiger partial charge in [0.1, 0.15) is 5.82 Å². The number of nitrogen functional groups attached to an aromatic ring is 1. The molecule has 15 heavy (non-hydrogen) atoms. The van der Waals surface area contributed by atoms with Crippen molar-refractivity contribution in [3.05, 3.63) is 23.7 Å². The van der Waals surface area contributed by atoms with E-state index in [2.05, 4.69) is 30.9 Å². The van der Waals surface area contributed by atoms with E-state index < -0.39 is 0 Å². The molecule has 0 saturated carbocycles. The fourth-order valence-corrected chi connectivity index (χ4v) is 1.13. The van der Waals surface area contributed by atoms with Gasteiger partial charge in [0.15, 0.2) is 5.82 Å². The first-order chi connectivity index (χ1) is 7.25. The van der Waals surface area contributed by atoms with Crippen LogP contribution in [0.3, 0.4) is 0 Å². The van der Waals surface area contributed by atoms with Gasteiger partial charge in [0.25, 0.3) is 0 Å². The second-order valence-corrected chi connectivity index (χ2v) is 3.07. The summed E-state index contributed by atoms with van der Waals surface area (Å²) in [7, 11) is 0. The summed E-state index contributed by atoms with van der Waals surface area (Å²) in [5.41, 5.74) is 7.24. The van der Waals surface area contributed by atoms with Gasteiger partial charge in [-0.05, 0) is 19.1 Å². The van der Waals surface area contributed by atoms with Gasteiger partial charge in [-0.2, -0.15) is 5.21 Å². The van der Waals surface area contributed by atoms with E-state index in [1.54, 1.807) is 6.07 Å². The smallest absolute Gasteiger partial charge is 0.193 e. The molecule has 4 N–H and O–H groups in total. The van der Waals surface area contributed by atoms with Gasteiger partial charge in [-0.3, -0.25) is 0 Å². The Morgan fingerprint density at radius 1 is 1.47 bits per heavy atom. The van der Waals surface area contributed by atoms with Crippen LogP contribution >= 0.6 is 0 Å². The molecule has 0 fully saturated rings. The van der Waals surface area contributed by atoms with E-state index in [1.807, 2.05) is 13.0 Å². The number of nitrogens with zero attached hydrogens (tertiary/aromatic N) is 4. The van der Waals surface area contributed by atoms with Crippen molar-refractivity contribution in [2.45, 2.75) is 13.5 Å². The molecule has 0 spiro atoms. The van der Waals surface area contributed by atoms with Gasteiger partial charge >= 0.3 is 0 Å². The van der Waals surface area contributed by atoms with Crippen LogP contribution in [0.15, 0.2) is 12.1 Å². The molecule has 0 atom stereocenters. The van der Waals surface area contributed by atoms with E-state index in [9.17, 15) is 0 Å². The van der Waals surface area contributed by atoms with E-state index in [0.717, 1.165) is 5.69 Å². The summed E-state index contributed by atoms with van der Waals surface area (Å²) in [6.45, 7) is 2.34. The van der Waals surface area contributed by atoms with Gasteiger partial charge in [0, 0.05) is 5.69 Å². The number of nitrogens with one attached hydrogen (secondary N) is 2. The minimum atomic E-state index is 0.442. The normalized spacial score (nSPS) is 10.2. The summed E-state index contributed by atoms with van der Waals surface area (Å²) in [5.74, 6) is 1.21. The molecule has 2 heterocycles. The van der Waals surface area contributed by atoms with Crippen molar-refractivity contribution < 1.29 is 0 Å². The summed E-state index contributed by atoms with van der Waals surface area (Å²) >= 11 is 0. The maximum Gasteiger partial charge on any atom is 0.193 e. The number of hydrogen-bond donors (Lipinski definition) is 3. The van der Waals surface area contributed by atoms with Crippen molar-refractivity contribution >= 4 is 11.5 Å². The van der Waals surface area contributed by atoms with Crippen LogP contribution in [0, 0.1) is 6.92 Å². The van der Waals surface area contributed by atoms with Crippen LogP contribution in [-0.2, 0) is 6.54 Å². The Hall–Kier alpha value is -2.18. The monoisotopic (exact) mass is 205 g/mol. The van der Waals surface area contributed by atoms with Gasteiger partial charge < -0.3 is 11.1 Å². The SMILES string of the molecule is Cc1ccc(N)c(NCc2nn[nH]n2)n1. The van der Waals surface area contributed by atoms with Crippen molar-refractivity contribution in [3.63, 3.8) is 0 Å². The van der Waals surface area contributed by atoms with Crippen LogP contribution in [0.25, 0.3) is 0 Å². The fraction of sp³-hybridized carbons (Fsp3) is 0.250. The highest BCUT2D eigenvalue weighted by atomic mass is 15.5. The van der Waals surface area contributed by atoms with Gasteiger partial charge in [0.05, 0.1) is 12.2 Å². The van der Waals surface area contributed by atoms with E-state index in [-0.39, 0.29) is 0 Å². The minimum Gasteiger partial charge on any atom is -0.396 e. The number of tetrazole rings is 1. The third-order valence-electron chi connectivity index (χ3n) is 1.87. The van der Waals surface area contributed by atoms with Crippen molar-refractivity contribution in [2.75, 3.05) is 11.1 Å². The molecule has 0 bridgehead atoms. The van der Waals surface area contributed by atoms with Gasteiger partial charge in [0.2, 0.25) is 0 Å². The molecule has 0 aliphatic heterocycles. The molecule has 78 valence electrons. The van der Waals surface area contributed by atoms with Crippen molar-refractivity contribution in [2.24, 2.45) is 0 Å². The zero-order valence-electron chi connectivity index (χ0n) is 8.23. The molecule has 7 heteroatoms. The number of pyridine rings is 1. The number of aromatic amines is 1. The molecule has 0 aliphatic rings. The largest absolute Gasteiger partial charge is 0.396 e. The van der Waals surface area contributed by atoms with E-state index in [1.165, 1.54) is 0 Å². The highest BCUT2D eigenvalue weighted by Gasteiger charge is 2.02. The highest BCUT2D eigenvalue weighted by Crippen LogP contribution is 2.15. The Balaban J connectivity index is 2.07. The molecular formula is C8H11N7. The van der Waals surface area contributed by atoms with Gasteiger partial charge in [-0.25, -0.2) is 4.98 Å². The van der Waals surface area contributed by atoms with Crippen LogP contribution in [0.2, 0.25) is 0 Å². The molecule has 0 saturated heterocycles. The Morgan fingerprint density at radius 2 is 2.33 bits per heavy atom. The Labute approximate surface area is 86.1 Å². The lowest BCUT2D eigenvalue weighted by Gasteiger charge is -2.06. The van der Waals surface area contributed by atoms with Crippen molar-refractivity contribution in [1.29, 1.82) is 0 Å². The number of nitrogens with two attached hydrogens (primary N) is 1. The number of hydrogen-bond acceptors (Lipinski definition) is 6. The summed E-state index contributed by atoms with van der Waals surface area (Å²) < 4.78 is 0. The molecule has 0 aliphatic carbocycles. The number of anilines is 2. The summed E-state index contributed by atoms with van der Waals surface area (Å²) in [6, 6.07) is 3.66. The first kappa shape index (κ1) is 9.38. The fourth-order valence-electron chi connectivity index (χ4n) is 1.13. The Kier molecular flexibility index (Phi) is 2.44. The van der Waals surface area contributed by atoms with E-state index in [0.29, 0.717) is 23.9 Å². The van der Waals surface area contributed by atoms with Crippen LogP contribution in [0.4, 0.5) is 11.5 Å². The minimum absolute atomic E-state index is 0.442. The second-order valence-electron chi connectivity index (χ2n) is 3.07. The number of aromatic nitrogens is 5. The first-order valence-corrected chi connectivity index (χ1v) is 4.45. The average molecular weight is 205 g/mol. The summed E-state index contributed by atoms with van der Waals surface area (Å²) in [4.78, 5) is 4.25. The predicted octanol–water partition coefficient (Wildman–Crippen LogP) is 0.0974. The van der Waals surface area contributed by atoms with Crippen molar-refractivity contribution in [1.82, 2.24) is 25.6 Å². The van der Waals surface area contributed by atoms with Crippen LogP contribution in [-0.4, -0.2) is 25.6 Å². The maximum atomic E-state index is 5.74. The third kappa shape index (κ3) is 2.19. The third-order valence-corrected chi connectivity index (χ3v) is 1.87. The lowest BCUT2D eigenvalue weighted by Crippen LogP contribution is -2.06. The number of H-pyrrole nitrogens is 1. The molecule has 2 rings (SSSR count). The molecule has 0 amide bonds. The molecule has 2 aromatic rings. The lowest BCUT2D eigenvalue weighted by molar-refractivity contribution is 0.881. The highest BCUT2D eigenvalue weighted by molar-refractivity contribution is 5.61. The number of rotatable bonds is 3. The zero-order chi connectivity index (χ0) is 10.7. The molecule has 0 unspecified atom stereocenters. The average Bonchev–Trinajstić information content (AvgIpc) is 2.72. The van der Waals surface area contributed by atoms with Gasteiger partial charge in [-0.1, -0.05) is 5.21 Å². The van der Waals surface area contributed by atoms with Crippen LogP contribution < -0.4 is 11.1 Å². The Bertz CT molecular complexity index is 436. The quantitative estimate of drug-likeness (QED) is 0.656. The zero-order valence-corrected chi connectivity index (χ0v) is 8.23. The molecular weight excluding hydrogens is 194 g/mol. The molecule has 2 aromatic heterocycles. The topological polar surface area (TPSA) is 105 Å². The maximum absolute atomic E-state index is 5.74. The molecule has 7 nitrogen and oxygen atoms in total. The van der Waals surface area contributed by atoms with Crippen molar-refractivity contribution in [3.8, 4) is 0 Å². The lowest BCUT2D eigenvalue weighted by atomic mass is 10.3. The summed E-state index contributed by atoms with van der Waals surface area (Å²) in [5, 5.41) is 16.5. The summed E-state index contributed by atoms with van der Waals surface area (Å²) in [6.07, 6.45) is 0. The van der Waals surface area contributed by atoms with E-state index in [4.69, 9.17) is 5.73 Å². The van der Waals surface area contributed by atoms with Crippen LogP contribution in [0.1, 0.15) is 11.5 Å². The second kappa shape index (κ2) is 3.91. The predicted molar refractivity (Wildman–Crippen MR) is 54.9 cm³/mol. The number of aryl methyl sites for hydroxylation is 1. The first-order valence-electron chi connectivity index (χ1n) is 4.45. The molecule has 0 radical (unpaired) electrons.